The Morgan fingerprint density at radius 3 is 2.30 bits per heavy atom. The van der Waals surface area contributed by atoms with Crippen molar-refractivity contribution in [1.82, 2.24) is 4.90 Å². The number of likely N-dealkylation sites (tertiary alicyclic amines) is 1. The van der Waals surface area contributed by atoms with Crippen LogP contribution in [0, 0.1) is 11.8 Å². The van der Waals surface area contributed by atoms with Gasteiger partial charge in [-0.05, 0) is 51.3 Å². The Labute approximate surface area is 161 Å². The van der Waals surface area contributed by atoms with Crippen molar-refractivity contribution in [1.29, 1.82) is 0 Å². The number of methoxy groups -OCH3 is 1. The molecule has 6 heteroatoms. The maximum Gasteiger partial charge on any atom is 0.410 e. The second kappa shape index (κ2) is 8.63. The van der Waals surface area contributed by atoms with E-state index in [1.807, 2.05) is 45.0 Å². The average molecular weight is 377 g/mol. The molecule has 0 bridgehead atoms. The van der Waals surface area contributed by atoms with Gasteiger partial charge in [-0.25, -0.2) is 4.79 Å². The van der Waals surface area contributed by atoms with Gasteiger partial charge in [-0.2, -0.15) is 0 Å². The molecule has 1 saturated heterocycles. The van der Waals surface area contributed by atoms with Gasteiger partial charge in [0.15, 0.2) is 0 Å². The summed E-state index contributed by atoms with van der Waals surface area (Å²) in [5.41, 5.74) is 0.470. The predicted molar refractivity (Wildman–Crippen MR) is 103 cm³/mol. The summed E-state index contributed by atoms with van der Waals surface area (Å²) in [4.78, 5) is 26.8. The maximum absolute atomic E-state index is 12.7. The van der Waals surface area contributed by atoms with Crippen LogP contribution in [0.3, 0.4) is 0 Å². The van der Waals surface area contributed by atoms with Crippen molar-refractivity contribution in [3.8, 4) is 5.75 Å². The summed E-state index contributed by atoms with van der Waals surface area (Å²) in [6, 6.07) is 7.75. The van der Waals surface area contributed by atoms with E-state index in [2.05, 4.69) is 6.92 Å². The van der Waals surface area contributed by atoms with Crippen LogP contribution >= 0.6 is 0 Å². The van der Waals surface area contributed by atoms with Crippen molar-refractivity contribution in [2.75, 3.05) is 26.8 Å². The standard InChI is InChI=1S/C21H31NO5/c1-7-26-19(23)17-13-22(20(24)27-21(3,4)5)12-14(2)18(17)15-8-10-16(25-6)11-9-15/h8-11,14,17-18H,7,12-13H2,1-6H3/t14?,17-,18-/m0/s1. The van der Waals surface area contributed by atoms with Crippen LogP contribution in [0.25, 0.3) is 0 Å². The van der Waals surface area contributed by atoms with E-state index in [-0.39, 0.29) is 24.3 Å². The van der Waals surface area contributed by atoms with Gasteiger partial charge in [-0.3, -0.25) is 4.79 Å². The fraction of sp³-hybridized carbons (Fsp3) is 0.619. The van der Waals surface area contributed by atoms with Crippen LogP contribution in [-0.2, 0) is 14.3 Å². The van der Waals surface area contributed by atoms with Gasteiger partial charge in [0.05, 0.1) is 19.6 Å². The SMILES string of the molecule is CCOC(=O)[C@H]1CN(C(=O)OC(C)(C)C)CC(C)[C@H]1c1ccc(OC)cc1. The van der Waals surface area contributed by atoms with E-state index in [0.29, 0.717) is 13.2 Å². The van der Waals surface area contributed by atoms with E-state index in [4.69, 9.17) is 14.2 Å². The quantitative estimate of drug-likeness (QED) is 0.746. The average Bonchev–Trinajstić information content (AvgIpc) is 2.60. The van der Waals surface area contributed by atoms with Crippen LogP contribution in [0.15, 0.2) is 24.3 Å². The molecule has 1 aliphatic rings. The minimum atomic E-state index is -0.577. The van der Waals surface area contributed by atoms with Gasteiger partial charge >= 0.3 is 12.1 Å². The first-order chi connectivity index (χ1) is 12.7. The largest absolute Gasteiger partial charge is 0.497 e. The summed E-state index contributed by atoms with van der Waals surface area (Å²) >= 11 is 0. The van der Waals surface area contributed by atoms with Gasteiger partial charge in [-0.1, -0.05) is 19.1 Å². The molecule has 0 N–H and O–H groups in total. The fourth-order valence-corrected chi connectivity index (χ4v) is 3.62. The van der Waals surface area contributed by atoms with E-state index >= 15 is 0 Å². The zero-order chi connectivity index (χ0) is 20.2. The molecule has 150 valence electrons. The molecular formula is C21H31NO5. The highest BCUT2D eigenvalue weighted by Crippen LogP contribution is 2.39. The smallest absolute Gasteiger partial charge is 0.410 e. The first kappa shape index (κ1) is 21.1. The summed E-state index contributed by atoms with van der Waals surface area (Å²) < 4.78 is 16.0. The monoisotopic (exact) mass is 377 g/mol. The van der Waals surface area contributed by atoms with E-state index < -0.39 is 17.6 Å². The minimum Gasteiger partial charge on any atom is -0.497 e. The molecule has 0 aliphatic carbocycles. The van der Waals surface area contributed by atoms with E-state index in [1.165, 1.54) is 0 Å². The van der Waals surface area contributed by atoms with Crippen LogP contribution in [0.4, 0.5) is 4.79 Å². The number of benzene rings is 1. The van der Waals surface area contributed by atoms with Crippen molar-refractivity contribution in [2.24, 2.45) is 11.8 Å². The summed E-state index contributed by atoms with van der Waals surface area (Å²) in [6.45, 7) is 10.5. The predicted octanol–water partition coefficient (Wildman–Crippen LogP) is 3.84. The molecule has 0 saturated carbocycles. The van der Waals surface area contributed by atoms with Gasteiger partial charge in [0, 0.05) is 19.0 Å². The summed E-state index contributed by atoms with van der Waals surface area (Å²) in [5.74, 6) is 0.0982. The zero-order valence-corrected chi connectivity index (χ0v) is 17.2. The lowest BCUT2D eigenvalue weighted by Gasteiger charge is -2.42. The van der Waals surface area contributed by atoms with Crippen molar-refractivity contribution >= 4 is 12.1 Å². The first-order valence-corrected chi connectivity index (χ1v) is 9.44. The normalized spacial score (nSPS) is 22.9. The molecule has 1 heterocycles. The Kier molecular flexibility index (Phi) is 6.73. The molecule has 6 nitrogen and oxygen atoms in total. The van der Waals surface area contributed by atoms with Crippen LogP contribution in [0.5, 0.6) is 5.75 Å². The third-order valence-corrected chi connectivity index (χ3v) is 4.71. The molecule has 1 unspecified atom stereocenters. The lowest BCUT2D eigenvalue weighted by molar-refractivity contribution is -0.151. The summed E-state index contributed by atoms with van der Waals surface area (Å²) in [6.07, 6.45) is -0.392. The molecule has 0 spiro atoms. The third kappa shape index (κ3) is 5.37. The van der Waals surface area contributed by atoms with E-state index in [9.17, 15) is 9.59 Å². The number of hydrogen-bond donors (Lipinski definition) is 0. The highest BCUT2D eigenvalue weighted by Gasteiger charge is 2.42. The Morgan fingerprint density at radius 2 is 1.78 bits per heavy atom. The first-order valence-electron chi connectivity index (χ1n) is 9.44. The van der Waals surface area contributed by atoms with Gasteiger partial charge < -0.3 is 19.1 Å². The number of hydrogen-bond acceptors (Lipinski definition) is 5. The highest BCUT2D eigenvalue weighted by molar-refractivity contribution is 5.76. The highest BCUT2D eigenvalue weighted by atomic mass is 16.6. The van der Waals surface area contributed by atoms with Crippen molar-refractivity contribution in [2.45, 2.75) is 46.1 Å². The number of amides is 1. The van der Waals surface area contributed by atoms with Crippen molar-refractivity contribution in [3.63, 3.8) is 0 Å². The Bertz CT molecular complexity index is 650. The number of esters is 1. The molecule has 0 radical (unpaired) electrons. The van der Waals surface area contributed by atoms with E-state index in [1.54, 1.807) is 18.9 Å². The molecule has 1 amide bonds. The Morgan fingerprint density at radius 1 is 1.15 bits per heavy atom. The van der Waals surface area contributed by atoms with Crippen molar-refractivity contribution < 1.29 is 23.8 Å². The van der Waals surface area contributed by atoms with Crippen molar-refractivity contribution in [3.05, 3.63) is 29.8 Å². The van der Waals surface area contributed by atoms with Crippen LogP contribution < -0.4 is 4.74 Å². The van der Waals surface area contributed by atoms with Gasteiger partial charge in [0.1, 0.15) is 11.4 Å². The van der Waals surface area contributed by atoms with Crippen LogP contribution in [-0.4, -0.2) is 49.4 Å². The molecule has 0 aromatic heterocycles. The van der Waals surface area contributed by atoms with Gasteiger partial charge in [0.2, 0.25) is 0 Å². The Balaban J connectivity index is 2.28. The van der Waals surface area contributed by atoms with Crippen LogP contribution in [0.2, 0.25) is 0 Å². The van der Waals surface area contributed by atoms with Gasteiger partial charge in [0.25, 0.3) is 0 Å². The molecule has 1 aromatic rings. The minimum absolute atomic E-state index is 0.0337. The number of piperidine rings is 1. The molecule has 27 heavy (non-hydrogen) atoms. The molecule has 1 aliphatic heterocycles. The lowest BCUT2D eigenvalue weighted by atomic mass is 9.74. The third-order valence-electron chi connectivity index (χ3n) is 4.71. The second-order valence-electron chi connectivity index (χ2n) is 8.02. The number of carbonyl (C=O) groups is 2. The lowest BCUT2D eigenvalue weighted by Crippen LogP contribution is -2.51. The van der Waals surface area contributed by atoms with Gasteiger partial charge in [-0.15, -0.1) is 0 Å². The maximum atomic E-state index is 12.7. The molecule has 1 aromatic carbocycles. The Hall–Kier alpha value is -2.24. The molecular weight excluding hydrogens is 346 g/mol. The van der Waals surface area contributed by atoms with Crippen LogP contribution in [0.1, 0.15) is 46.1 Å². The number of nitrogens with zero attached hydrogens (tertiary/aromatic N) is 1. The summed E-state index contributed by atoms with van der Waals surface area (Å²) in [5, 5.41) is 0. The second-order valence-corrected chi connectivity index (χ2v) is 8.02. The summed E-state index contributed by atoms with van der Waals surface area (Å²) in [7, 11) is 1.62. The number of carbonyl (C=O) groups excluding carboxylic acids is 2. The molecule has 3 atom stereocenters. The number of rotatable bonds is 4. The molecule has 2 rings (SSSR count). The zero-order valence-electron chi connectivity index (χ0n) is 17.2. The number of ether oxygens (including phenoxy) is 3. The van der Waals surface area contributed by atoms with E-state index in [0.717, 1.165) is 11.3 Å². The fourth-order valence-electron chi connectivity index (χ4n) is 3.62. The molecule has 1 fully saturated rings. The topological polar surface area (TPSA) is 65.1 Å².